The summed E-state index contributed by atoms with van der Waals surface area (Å²) >= 11 is 7.35. The van der Waals surface area contributed by atoms with Gasteiger partial charge in [-0.3, -0.25) is 9.13 Å². The Morgan fingerprint density at radius 2 is 1.19 bits per heavy atom. The lowest BCUT2D eigenvalue weighted by atomic mass is 10.1. The Hall–Kier alpha value is -3.04. The number of fused-ring (bicyclic) bond motifs is 2. The maximum atomic E-state index is 15.2. The van der Waals surface area contributed by atoms with Crippen LogP contribution >= 0.6 is 39.0 Å². The summed E-state index contributed by atoms with van der Waals surface area (Å²) in [6, 6.07) is 0. The fraction of sp³-hybridized carbons (Fsp3) is 0.500. The number of rotatable bonds is 14. The van der Waals surface area contributed by atoms with Crippen molar-refractivity contribution in [2.45, 2.75) is 49.2 Å². The van der Waals surface area contributed by atoms with Crippen molar-refractivity contribution in [3.05, 3.63) is 37.5 Å². The van der Waals surface area contributed by atoms with E-state index >= 15 is 8.78 Å². The van der Waals surface area contributed by atoms with Crippen LogP contribution in [-0.2, 0) is 27.7 Å². The van der Waals surface area contributed by atoms with Crippen LogP contribution in [0.3, 0.4) is 0 Å². The molecule has 0 amide bonds. The van der Waals surface area contributed by atoms with Crippen LogP contribution in [0.2, 0.25) is 0 Å². The van der Waals surface area contributed by atoms with Gasteiger partial charge in [-0.1, -0.05) is 12.2 Å². The van der Waals surface area contributed by atoms with Gasteiger partial charge in [0.15, 0.2) is 71.0 Å². The standard InChI is InChI=1S/C24H26F2N10O8P2S2/c25-13-17(43-45(39)47)11(5-37)41-23(13)35-9-33-15-19(29-7-31-21(15)35)27-3-1-2-4-28-20-16-22(32-8-30-20)36(10-34-16)24-14(26)18(44-46(40)48)12(6-38)42-24/h1-2,7-14,17-18,23-24,37-38H,3-6H2,(H2-2,27,28,29,30,31,32,39,40,47,48)/p+2/b2-1-/t11?,12?,13-,14-,17-,18?,23-,24-/m1/s1. The highest BCUT2D eigenvalue weighted by Gasteiger charge is 2.52. The van der Waals surface area contributed by atoms with E-state index in [4.69, 9.17) is 18.5 Å². The number of nitrogens with zero attached hydrogens (tertiary/aromatic N) is 8. The molecule has 256 valence electrons. The number of hydrogen-bond donors (Lipinski definition) is 6. The van der Waals surface area contributed by atoms with Crippen LogP contribution in [0.5, 0.6) is 0 Å². The van der Waals surface area contributed by atoms with Crippen LogP contribution in [0, 0.1) is 0 Å². The molecule has 10 atom stereocenters. The molecule has 0 spiro atoms. The summed E-state index contributed by atoms with van der Waals surface area (Å²) in [5.74, 6) is 0.741. The van der Waals surface area contributed by atoms with Gasteiger partial charge >= 0.3 is 14.5 Å². The van der Waals surface area contributed by atoms with Crippen LogP contribution in [0.4, 0.5) is 20.4 Å². The fourth-order valence-corrected chi connectivity index (χ4v) is 6.98. The molecule has 18 nitrogen and oxygen atoms in total. The van der Waals surface area contributed by atoms with E-state index in [-0.39, 0.29) is 11.3 Å². The highest BCUT2D eigenvalue weighted by Crippen LogP contribution is 2.42. The van der Waals surface area contributed by atoms with E-state index in [2.05, 4.69) is 65.0 Å². The molecule has 24 heteroatoms. The molecule has 0 saturated carbocycles. The number of ether oxygens (including phenoxy) is 2. The van der Waals surface area contributed by atoms with Gasteiger partial charge in [-0.25, -0.2) is 38.7 Å². The third-order valence-electron chi connectivity index (χ3n) is 7.52. The first-order valence-electron chi connectivity index (χ1n) is 14.2. The molecule has 4 aromatic rings. The minimum atomic E-state index is -2.43. The van der Waals surface area contributed by atoms with Crippen molar-refractivity contribution in [3.63, 3.8) is 0 Å². The lowest BCUT2D eigenvalue weighted by molar-refractivity contribution is -0.0427. The third-order valence-corrected chi connectivity index (χ3v) is 8.94. The molecule has 2 aliphatic heterocycles. The van der Waals surface area contributed by atoms with Gasteiger partial charge < -0.3 is 30.3 Å². The zero-order valence-corrected chi connectivity index (χ0v) is 28.0. The summed E-state index contributed by atoms with van der Waals surface area (Å²) in [5.41, 5.74) is 1.21. The Labute approximate surface area is 281 Å². The quantitative estimate of drug-likeness (QED) is 0.0619. The molecule has 0 aliphatic carbocycles. The first-order chi connectivity index (χ1) is 23.2. The second-order valence-electron chi connectivity index (χ2n) is 10.3. The average molecular weight is 749 g/mol. The minimum Gasteiger partial charge on any atom is -0.394 e. The second kappa shape index (κ2) is 15.2. The normalized spacial score (nSPS) is 28.1. The molecule has 5 unspecified atom stereocenters. The van der Waals surface area contributed by atoms with Gasteiger partial charge in [0.2, 0.25) is 0 Å². The number of thiol groups is 2. The molecule has 2 aliphatic rings. The van der Waals surface area contributed by atoms with Crippen molar-refractivity contribution in [1.29, 1.82) is 0 Å². The lowest BCUT2D eigenvalue weighted by Crippen LogP contribution is -2.31. The molecule has 0 bridgehead atoms. The number of nitrogens with one attached hydrogen (secondary N) is 2. The number of halogens is 2. The first-order valence-corrected chi connectivity index (χ1v) is 18.8. The number of hydrogen-bond acceptors (Lipinski definition) is 16. The molecule has 48 heavy (non-hydrogen) atoms. The Kier molecular flexibility index (Phi) is 11.1. The van der Waals surface area contributed by atoms with Crippen molar-refractivity contribution >= 4 is 72.9 Å². The summed E-state index contributed by atoms with van der Waals surface area (Å²) < 4.78 is 77.4. The maximum Gasteiger partial charge on any atom is 0.582 e. The number of imidazole rings is 2. The fourth-order valence-electron chi connectivity index (χ4n) is 5.40. The van der Waals surface area contributed by atoms with Gasteiger partial charge in [0.1, 0.15) is 49.4 Å². The van der Waals surface area contributed by atoms with E-state index in [0.29, 0.717) is 35.8 Å². The molecule has 6 rings (SSSR count). The summed E-state index contributed by atoms with van der Waals surface area (Å²) in [6.45, 7) is -0.472. The zero-order chi connectivity index (χ0) is 33.9. The highest BCUT2D eigenvalue weighted by atomic mass is 32.7. The van der Waals surface area contributed by atoms with Crippen molar-refractivity contribution in [1.82, 2.24) is 39.0 Å². The van der Waals surface area contributed by atoms with Gasteiger partial charge in [0.25, 0.3) is 0 Å². The van der Waals surface area contributed by atoms with E-state index in [0.717, 1.165) is 0 Å². The lowest BCUT2D eigenvalue weighted by Gasteiger charge is -2.15. The number of aromatic nitrogens is 8. The summed E-state index contributed by atoms with van der Waals surface area (Å²) in [6.07, 6.45) is -1.96. The van der Waals surface area contributed by atoms with Gasteiger partial charge in [0, 0.05) is 13.1 Å². The number of aliphatic hydroxyl groups excluding tert-OH is 2. The average Bonchev–Trinajstić information content (AvgIpc) is 3.83. The predicted molar refractivity (Wildman–Crippen MR) is 171 cm³/mol. The van der Waals surface area contributed by atoms with E-state index in [1.54, 1.807) is 12.2 Å². The zero-order valence-electron chi connectivity index (χ0n) is 24.4. The topological polar surface area (TPSA) is 223 Å². The molecule has 2 saturated heterocycles. The van der Waals surface area contributed by atoms with Gasteiger partial charge in [0.05, 0.1) is 25.9 Å². The molecule has 4 aromatic heterocycles. The van der Waals surface area contributed by atoms with Gasteiger partial charge in [-0.2, -0.15) is 0 Å². The Morgan fingerprint density at radius 1 is 0.771 bits per heavy atom. The second-order valence-corrected chi connectivity index (χ2v) is 13.7. The van der Waals surface area contributed by atoms with Crippen LogP contribution in [0.15, 0.2) is 37.5 Å². The maximum absolute atomic E-state index is 15.2. The monoisotopic (exact) mass is 748 g/mol. The summed E-state index contributed by atoms with van der Waals surface area (Å²) in [7, 11) is -4.87. The predicted octanol–water partition coefficient (Wildman–Crippen LogP) is 2.45. The Morgan fingerprint density at radius 3 is 1.56 bits per heavy atom. The van der Waals surface area contributed by atoms with Crippen molar-refractivity contribution in [2.24, 2.45) is 0 Å². The molecule has 0 aromatic carbocycles. The van der Waals surface area contributed by atoms with E-state index in [9.17, 15) is 19.3 Å². The number of anilines is 2. The number of alkyl halides is 2. The molecule has 0 radical (unpaired) electrons. The van der Waals surface area contributed by atoms with Crippen LogP contribution < -0.4 is 10.6 Å². The number of aliphatic hydroxyl groups is 2. The summed E-state index contributed by atoms with van der Waals surface area (Å²) in [4.78, 5) is 25.5. The molecule has 2 fully saturated rings. The van der Waals surface area contributed by atoms with Crippen molar-refractivity contribution in [2.75, 3.05) is 36.9 Å². The highest BCUT2D eigenvalue weighted by molar-refractivity contribution is 8.39. The van der Waals surface area contributed by atoms with Crippen LogP contribution in [0.25, 0.3) is 22.3 Å². The van der Waals surface area contributed by atoms with Gasteiger partial charge in [-0.15, -0.1) is 9.05 Å². The molecular formula is C24H28F2N10O8P2S2+2. The first kappa shape index (κ1) is 34.8. The largest absolute Gasteiger partial charge is 0.582 e. The van der Waals surface area contributed by atoms with Crippen molar-refractivity contribution in [3.8, 4) is 0 Å². The van der Waals surface area contributed by atoms with Gasteiger partial charge in [-0.05, 0) is 9.13 Å². The summed E-state index contributed by atoms with van der Waals surface area (Å²) in [5, 5.41) is 25.4. The van der Waals surface area contributed by atoms with Crippen LogP contribution in [-0.4, -0.2) is 112 Å². The third kappa shape index (κ3) is 7.00. The Balaban J connectivity index is 1.07. The molecular weight excluding hydrogens is 720 g/mol. The van der Waals surface area contributed by atoms with E-state index < -0.39 is 76.9 Å². The SMILES string of the molecule is O=[P+](S)OC1C(CO)O[C@@H](n2cnc3c(NC/C=C\CNc4ncnc5c4ncn5[C@@H]4OC(CO)[C@@H](O[P+](=O)S)[C@H]4F)ncnc32)[C@@H]1F. The van der Waals surface area contributed by atoms with E-state index in [1.807, 2.05) is 0 Å². The van der Waals surface area contributed by atoms with Crippen molar-refractivity contribution < 1.29 is 46.6 Å². The minimum absolute atomic E-state index is 0.264. The molecule has 4 N–H and O–H groups in total. The smallest absolute Gasteiger partial charge is 0.394 e. The van der Waals surface area contributed by atoms with Crippen LogP contribution in [0.1, 0.15) is 12.5 Å². The van der Waals surface area contributed by atoms with E-state index in [1.165, 1.54) is 34.4 Å². The molecule has 6 heterocycles. The Bertz CT molecular complexity index is 1700.